The largest absolute Gasteiger partial charge is 0.309 e. The Kier molecular flexibility index (Phi) is 4.80. The molecule has 20 heavy (non-hydrogen) atoms. The van der Waals surface area contributed by atoms with Gasteiger partial charge in [-0.25, -0.2) is 9.67 Å². The van der Waals surface area contributed by atoms with Crippen molar-refractivity contribution in [1.29, 1.82) is 0 Å². The van der Waals surface area contributed by atoms with Crippen molar-refractivity contribution >= 4 is 22.4 Å². The van der Waals surface area contributed by atoms with E-state index in [4.69, 9.17) is 0 Å². The molecule has 0 aromatic carbocycles. The Hall–Kier alpha value is -1.80. The van der Waals surface area contributed by atoms with Gasteiger partial charge in [0.1, 0.15) is 0 Å². The van der Waals surface area contributed by atoms with Gasteiger partial charge in [-0.05, 0) is 0 Å². The number of anilines is 1. The van der Waals surface area contributed by atoms with E-state index in [9.17, 15) is 4.79 Å². The van der Waals surface area contributed by atoms with Crippen LogP contribution in [0.3, 0.4) is 0 Å². The van der Waals surface area contributed by atoms with Gasteiger partial charge in [0.05, 0.1) is 24.1 Å². The topological polar surface area (TPSA) is 84.7 Å². The molecule has 2 aromatic rings. The van der Waals surface area contributed by atoms with E-state index in [-0.39, 0.29) is 5.91 Å². The summed E-state index contributed by atoms with van der Waals surface area (Å²) in [7, 11) is 0. The van der Waals surface area contributed by atoms with Crippen molar-refractivity contribution in [3.8, 4) is 0 Å². The molecule has 0 fully saturated rings. The lowest BCUT2D eigenvalue weighted by Gasteiger charge is -2.04. The highest BCUT2D eigenvalue weighted by Gasteiger charge is 2.06. The number of carbonyl (C=O) groups excluding carboxylic acids is 1. The normalized spacial score (nSPS) is 11.0. The Labute approximate surface area is 121 Å². The molecule has 2 aromatic heterocycles. The molecule has 108 valence electrons. The van der Waals surface area contributed by atoms with E-state index in [2.05, 4.69) is 39.8 Å². The molecule has 2 heterocycles. The molecule has 7 nitrogen and oxygen atoms in total. The summed E-state index contributed by atoms with van der Waals surface area (Å²) in [5.41, 5.74) is 1.75. The Morgan fingerprint density at radius 2 is 2.25 bits per heavy atom. The highest BCUT2D eigenvalue weighted by Crippen LogP contribution is 2.15. The average Bonchev–Trinajstić information content (AvgIpc) is 2.96. The van der Waals surface area contributed by atoms with Crippen LogP contribution in [0, 0.1) is 0 Å². The van der Waals surface area contributed by atoms with Crippen molar-refractivity contribution < 1.29 is 4.79 Å². The van der Waals surface area contributed by atoms with Gasteiger partial charge in [0.2, 0.25) is 5.91 Å². The summed E-state index contributed by atoms with van der Waals surface area (Å²) in [6.45, 7) is 6.88. The van der Waals surface area contributed by atoms with Crippen molar-refractivity contribution in [1.82, 2.24) is 25.3 Å². The van der Waals surface area contributed by atoms with Gasteiger partial charge in [-0.3, -0.25) is 4.79 Å². The van der Waals surface area contributed by atoms with Gasteiger partial charge < -0.3 is 10.6 Å². The minimum Gasteiger partial charge on any atom is -0.309 e. The summed E-state index contributed by atoms with van der Waals surface area (Å²) in [6.07, 6.45) is 1.90. The van der Waals surface area contributed by atoms with Gasteiger partial charge in [0.25, 0.3) is 0 Å². The Morgan fingerprint density at radius 3 is 2.95 bits per heavy atom. The molecule has 0 aliphatic rings. The standard InChI is InChI=1S/C12H18N6OS/c1-8(2)13-4-10-5-18(17-16-10)6-11-7-20-12(15-11)14-9(3)19/h5,7-8,13H,4,6H2,1-3H3,(H,14,15,19). The quantitative estimate of drug-likeness (QED) is 0.837. The summed E-state index contributed by atoms with van der Waals surface area (Å²) in [4.78, 5) is 15.2. The van der Waals surface area contributed by atoms with Gasteiger partial charge >= 0.3 is 0 Å². The minimum absolute atomic E-state index is 0.117. The molecule has 0 atom stereocenters. The maximum Gasteiger partial charge on any atom is 0.223 e. The predicted molar refractivity (Wildman–Crippen MR) is 77.5 cm³/mol. The van der Waals surface area contributed by atoms with Gasteiger partial charge in [-0.15, -0.1) is 16.4 Å². The van der Waals surface area contributed by atoms with Crippen molar-refractivity contribution in [3.63, 3.8) is 0 Å². The SMILES string of the molecule is CC(=O)Nc1nc(Cn2cc(CNC(C)C)nn2)cs1. The monoisotopic (exact) mass is 294 g/mol. The summed E-state index contributed by atoms with van der Waals surface area (Å²) >= 11 is 1.40. The Balaban J connectivity index is 1.92. The number of rotatable bonds is 6. The smallest absolute Gasteiger partial charge is 0.223 e. The number of nitrogens with zero attached hydrogens (tertiary/aromatic N) is 4. The van der Waals surface area contributed by atoms with Crippen LogP contribution < -0.4 is 10.6 Å². The lowest BCUT2D eigenvalue weighted by Crippen LogP contribution is -2.21. The zero-order chi connectivity index (χ0) is 14.5. The van der Waals surface area contributed by atoms with Crippen LogP contribution in [-0.4, -0.2) is 31.9 Å². The molecule has 0 saturated heterocycles. The number of hydrogen-bond acceptors (Lipinski definition) is 6. The third-order valence-electron chi connectivity index (χ3n) is 2.44. The van der Waals surface area contributed by atoms with E-state index < -0.39 is 0 Å². The van der Waals surface area contributed by atoms with Crippen LogP contribution >= 0.6 is 11.3 Å². The molecule has 0 bridgehead atoms. The number of thiazole rings is 1. The van der Waals surface area contributed by atoms with Crippen molar-refractivity contribution in [3.05, 3.63) is 23.0 Å². The van der Waals surface area contributed by atoms with Crippen LogP contribution in [0.15, 0.2) is 11.6 Å². The van der Waals surface area contributed by atoms with Crippen LogP contribution in [-0.2, 0) is 17.9 Å². The first-order valence-electron chi connectivity index (χ1n) is 6.37. The summed E-state index contributed by atoms with van der Waals surface area (Å²) in [5, 5.41) is 16.6. The second kappa shape index (κ2) is 6.58. The Morgan fingerprint density at radius 1 is 1.45 bits per heavy atom. The Bertz CT molecular complexity index is 576. The zero-order valence-electron chi connectivity index (χ0n) is 11.8. The molecule has 0 aliphatic carbocycles. The average molecular weight is 294 g/mol. The second-order valence-corrected chi connectivity index (χ2v) is 5.63. The molecule has 0 unspecified atom stereocenters. The lowest BCUT2D eigenvalue weighted by atomic mass is 10.3. The van der Waals surface area contributed by atoms with Crippen molar-refractivity contribution in [2.45, 2.75) is 39.9 Å². The summed E-state index contributed by atoms with van der Waals surface area (Å²) in [6, 6.07) is 0.416. The van der Waals surface area contributed by atoms with Gasteiger partial charge in [0, 0.05) is 24.9 Å². The van der Waals surface area contributed by atoms with Crippen LogP contribution in [0.25, 0.3) is 0 Å². The van der Waals surface area contributed by atoms with Gasteiger partial charge in [0.15, 0.2) is 5.13 Å². The molecule has 8 heteroatoms. The highest BCUT2D eigenvalue weighted by atomic mass is 32.1. The van der Waals surface area contributed by atoms with Gasteiger partial charge in [-0.1, -0.05) is 19.1 Å². The molecule has 0 radical (unpaired) electrons. The third-order valence-corrected chi connectivity index (χ3v) is 3.24. The van der Waals surface area contributed by atoms with E-state index in [1.807, 2.05) is 11.6 Å². The van der Waals surface area contributed by atoms with Crippen LogP contribution in [0.5, 0.6) is 0 Å². The van der Waals surface area contributed by atoms with Crippen LogP contribution in [0.2, 0.25) is 0 Å². The molecule has 2 rings (SSSR count). The number of carbonyl (C=O) groups is 1. The fourth-order valence-electron chi connectivity index (χ4n) is 1.56. The van der Waals surface area contributed by atoms with Crippen LogP contribution in [0.4, 0.5) is 5.13 Å². The number of hydrogen-bond donors (Lipinski definition) is 2. The first-order chi connectivity index (χ1) is 9.52. The van der Waals surface area contributed by atoms with E-state index in [0.717, 1.165) is 11.4 Å². The third kappa shape index (κ3) is 4.39. The van der Waals surface area contributed by atoms with Crippen LogP contribution in [0.1, 0.15) is 32.2 Å². The maximum absolute atomic E-state index is 10.9. The van der Waals surface area contributed by atoms with Gasteiger partial charge in [-0.2, -0.15) is 0 Å². The molecule has 0 spiro atoms. The predicted octanol–water partition coefficient (Wildman–Crippen LogP) is 1.24. The molecular formula is C12H18N6OS. The minimum atomic E-state index is -0.117. The first-order valence-corrected chi connectivity index (χ1v) is 7.25. The summed E-state index contributed by atoms with van der Waals surface area (Å²) in [5.74, 6) is -0.117. The van der Waals surface area contributed by atoms with Crippen molar-refractivity contribution in [2.75, 3.05) is 5.32 Å². The second-order valence-electron chi connectivity index (χ2n) is 4.77. The van der Waals surface area contributed by atoms with Crippen molar-refractivity contribution in [2.24, 2.45) is 0 Å². The number of nitrogens with one attached hydrogen (secondary N) is 2. The molecule has 2 N–H and O–H groups in total. The zero-order valence-corrected chi connectivity index (χ0v) is 12.6. The molecular weight excluding hydrogens is 276 g/mol. The fraction of sp³-hybridized carbons (Fsp3) is 0.500. The molecule has 0 aliphatic heterocycles. The molecule has 1 amide bonds. The first kappa shape index (κ1) is 14.6. The summed E-state index contributed by atoms with van der Waals surface area (Å²) < 4.78 is 1.74. The lowest BCUT2D eigenvalue weighted by molar-refractivity contribution is -0.114. The number of aromatic nitrogens is 4. The van der Waals surface area contributed by atoms with E-state index in [0.29, 0.717) is 24.3 Å². The van der Waals surface area contributed by atoms with E-state index in [1.54, 1.807) is 4.68 Å². The highest BCUT2D eigenvalue weighted by molar-refractivity contribution is 7.13. The van der Waals surface area contributed by atoms with E-state index in [1.165, 1.54) is 18.3 Å². The van der Waals surface area contributed by atoms with E-state index >= 15 is 0 Å². The maximum atomic E-state index is 10.9. The fourth-order valence-corrected chi connectivity index (χ4v) is 2.31. The number of amides is 1. The molecule has 0 saturated carbocycles.